The van der Waals surface area contributed by atoms with E-state index in [4.69, 9.17) is 21.8 Å². The fourth-order valence-corrected chi connectivity index (χ4v) is 3.29. The quantitative estimate of drug-likeness (QED) is 0.328. The minimum atomic E-state index is -3.79. The third kappa shape index (κ3) is 3.93. The Labute approximate surface area is 166 Å². The van der Waals surface area contributed by atoms with E-state index in [0.717, 1.165) is 0 Å². The van der Waals surface area contributed by atoms with Gasteiger partial charge in [-0.25, -0.2) is 13.6 Å². The van der Waals surface area contributed by atoms with Gasteiger partial charge in [-0.3, -0.25) is 19.8 Å². The molecule has 1 aromatic carbocycles. The molecule has 1 aliphatic heterocycles. The normalized spacial score (nSPS) is 16.4. The van der Waals surface area contributed by atoms with Crippen molar-refractivity contribution in [3.63, 3.8) is 0 Å². The molecule has 0 unspecified atom stereocenters. The van der Waals surface area contributed by atoms with Crippen molar-refractivity contribution in [3.8, 4) is 11.3 Å². The molecule has 0 spiro atoms. The van der Waals surface area contributed by atoms with Gasteiger partial charge in [0.1, 0.15) is 17.1 Å². The third-order valence-electron chi connectivity index (χ3n) is 3.88. The van der Waals surface area contributed by atoms with E-state index in [-0.39, 0.29) is 27.9 Å². The second-order valence-electron chi connectivity index (χ2n) is 5.79. The lowest BCUT2D eigenvalue weighted by molar-refractivity contribution is -0.128. The van der Waals surface area contributed by atoms with Gasteiger partial charge in [-0.2, -0.15) is 0 Å². The van der Waals surface area contributed by atoms with Crippen LogP contribution in [0.2, 0.25) is 0 Å². The molecule has 2 amide bonds. The number of hydrogen-bond donors (Lipinski definition) is 2. The highest BCUT2D eigenvalue weighted by molar-refractivity contribution is 7.89. The van der Waals surface area contributed by atoms with Crippen LogP contribution in [-0.2, 0) is 19.6 Å². The lowest BCUT2D eigenvalue weighted by Crippen LogP contribution is -2.53. The number of sulfonamides is 1. The first-order chi connectivity index (χ1) is 13.2. The zero-order chi connectivity index (χ0) is 20.5. The molecule has 1 saturated heterocycles. The molecular formula is C18H15N3O5S2. The Kier molecular flexibility index (Phi) is 5.27. The first kappa shape index (κ1) is 19.7. The first-order valence-corrected chi connectivity index (χ1v) is 9.89. The molecule has 3 N–H and O–H groups in total. The Morgan fingerprint density at radius 2 is 1.86 bits per heavy atom. The molecule has 2 heterocycles. The molecule has 2 aromatic rings. The van der Waals surface area contributed by atoms with E-state index in [0.29, 0.717) is 11.3 Å². The Morgan fingerprint density at radius 1 is 1.18 bits per heavy atom. The summed E-state index contributed by atoms with van der Waals surface area (Å²) in [6.45, 7) is 3.72. The third-order valence-corrected chi connectivity index (χ3v) is 5.13. The van der Waals surface area contributed by atoms with Crippen molar-refractivity contribution >= 4 is 45.2 Å². The van der Waals surface area contributed by atoms with E-state index >= 15 is 0 Å². The molecule has 28 heavy (non-hydrogen) atoms. The van der Waals surface area contributed by atoms with Gasteiger partial charge in [-0.15, -0.1) is 6.58 Å². The van der Waals surface area contributed by atoms with Crippen LogP contribution in [0.15, 0.2) is 63.9 Å². The standard InChI is InChI=1S/C18H15N3O5S2/c1-2-9-21-17(23)14(16(22)20-18(21)27)10-12-5-8-15(26-12)11-3-6-13(7-4-11)28(19,24)25/h2-8,10H,1,9H2,(H2,19,24,25)(H,20,22,27)/b14-10+. The lowest BCUT2D eigenvalue weighted by atomic mass is 10.1. The summed E-state index contributed by atoms with van der Waals surface area (Å²) in [7, 11) is -3.79. The predicted octanol–water partition coefficient (Wildman–Crippen LogP) is 1.41. The molecule has 1 fully saturated rings. The number of primary sulfonamides is 1. The molecular weight excluding hydrogens is 402 g/mol. The number of nitrogens with one attached hydrogen (secondary N) is 1. The van der Waals surface area contributed by atoms with Crippen LogP contribution in [0.3, 0.4) is 0 Å². The summed E-state index contributed by atoms with van der Waals surface area (Å²) < 4.78 is 28.3. The molecule has 0 radical (unpaired) electrons. The van der Waals surface area contributed by atoms with Crippen molar-refractivity contribution in [2.45, 2.75) is 4.90 Å². The second-order valence-corrected chi connectivity index (χ2v) is 7.74. The van der Waals surface area contributed by atoms with Crippen LogP contribution in [0.5, 0.6) is 0 Å². The molecule has 3 rings (SSSR count). The Bertz CT molecular complexity index is 1110. The number of carbonyl (C=O) groups is 2. The number of nitrogens with two attached hydrogens (primary N) is 1. The highest BCUT2D eigenvalue weighted by atomic mass is 32.2. The lowest BCUT2D eigenvalue weighted by Gasteiger charge is -2.27. The zero-order valence-electron chi connectivity index (χ0n) is 14.4. The average Bonchev–Trinajstić information content (AvgIpc) is 3.10. The van der Waals surface area contributed by atoms with Gasteiger partial charge in [0, 0.05) is 12.1 Å². The number of rotatable bonds is 5. The maximum Gasteiger partial charge on any atom is 0.266 e. The summed E-state index contributed by atoms with van der Waals surface area (Å²) >= 11 is 4.99. The van der Waals surface area contributed by atoms with Crippen LogP contribution in [0.4, 0.5) is 0 Å². The Balaban J connectivity index is 1.89. The monoisotopic (exact) mass is 417 g/mol. The van der Waals surface area contributed by atoms with Crippen molar-refractivity contribution in [1.82, 2.24) is 10.2 Å². The maximum absolute atomic E-state index is 12.5. The van der Waals surface area contributed by atoms with Gasteiger partial charge in [-0.1, -0.05) is 6.08 Å². The van der Waals surface area contributed by atoms with E-state index in [1.807, 2.05) is 0 Å². The molecule has 0 aliphatic carbocycles. The van der Waals surface area contributed by atoms with Gasteiger partial charge in [-0.05, 0) is 54.7 Å². The number of nitrogens with zero attached hydrogens (tertiary/aromatic N) is 1. The van der Waals surface area contributed by atoms with E-state index in [1.165, 1.54) is 41.3 Å². The summed E-state index contributed by atoms with van der Waals surface area (Å²) in [5, 5.41) is 7.54. The van der Waals surface area contributed by atoms with Crippen LogP contribution in [0.1, 0.15) is 5.76 Å². The van der Waals surface area contributed by atoms with Crippen LogP contribution < -0.4 is 10.5 Å². The van der Waals surface area contributed by atoms with Gasteiger partial charge in [0.05, 0.1) is 4.90 Å². The number of thiocarbonyl (C=S) groups is 1. The minimum absolute atomic E-state index is 0.0159. The zero-order valence-corrected chi connectivity index (χ0v) is 16.0. The molecule has 1 aliphatic rings. The van der Waals surface area contributed by atoms with Crippen molar-refractivity contribution < 1.29 is 22.4 Å². The number of benzene rings is 1. The summed E-state index contributed by atoms with van der Waals surface area (Å²) in [5.74, 6) is -0.472. The summed E-state index contributed by atoms with van der Waals surface area (Å²) in [4.78, 5) is 25.8. The maximum atomic E-state index is 12.5. The van der Waals surface area contributed by atoms with Crippen LogP contribution in [-0.4, -0.2) is 36.8 Å². The van der Waals surface area contributed by atoms with E-state index in [9.17, 15) is 18.0 Å². The molecule has 144 valence electrons. The summed E-state index contributed by atoms with van der Waals surface area (Å²) in [6, 6.07) is 9.02. The predicted molar refractivity (Wildman–Crippen MR) is 106 cm³/mol. The van der Waals surface area contributed by atoms with Crippen molar-refractivity contribution in [3.05, 3.63) is 60.4 Å². The summed E-state index contributed by atoms with van der Waals surface area (Å²) in [6.07, 6.45) is 2.81. The summed E-state index contributed by atoms with van der Waals surface area (Å²) in [5.41, 5.74) is 0.479. The van der Waals surface area contributed by atoms with Gasteiger partial charge in [0.2, 0.25) is 10.0 Å². The SMILES string of the molecule is C=CCN1C(=O)/C(=C/c2ccc(-c3ccc(S(N)(=O)=O)cc3)o2)C(=O)NC1=S. The molecule has 1 aromatic heterocycles. The van der Waals surface area contributed by atoms with Crippen molar-refractivity contribution in [1.29, 1.82) is 0 Å². The highest BCUT2D eigenvalue weighted by Gasteiger charge is 2.32. The largest absolute Gasteiger partial charge is 0.457 e. The topological polar surface area (TPSA) is 123 Å². The van der Waals surface area contributed by atoms with Crippen LogP contribution >= 0.6 is 12.2 Å². The number of furan rings is 1. The fraction of sp³-hybridized carbons (Fsp3) is 0.0556. The van der Waals surface area contributed by atoms with E-state index in [2.05, 4.69) is 11.9 Å². The molecule has 0 bridgehead atoms. The van der Waals surface area contributed by atoms with E-state index < -0.39 is 21.8 Å². The minimum Gasteiger partial charge on any atom is -0.457 e. The van der Waals surface area contributed by atoms with Crippen molar-refractivity contribution in [2.24, 2.45) is 5.14 Å². The molecule has 8 nitrogen and oxygen atoms in total. The first-order valence-electron chi connectivity index (χ1n) is 7.93. The fourth-order valence-electron chi connectivity index (χ4n) is 2.53. The Hall–Kier alpha value is -3.08. The van der Waals surface area contributed by atoms with Gasteiger partial charge in [0.15, 0.2) is 5.11 Å². The molecule has 0 atom stereocenters. The van der Waals surface area contributed by atoms with Gasteiger partial charge < -0.3 is 4.42 Å². The Morgan fingerprint density at radius 3 is 2.46 bits per heavy atom. The van der Waals surface area contributed by atoms with Gasteiger partial charge in [0.25, 0.3) is 11.8 Å². The average molecular weight is 417 g/mol. The molecule has 0 saturated carbocycles. The second kappa shape index (κ2) is 7.50. The molecule has 10 heteroatoms. The van der Waals surface area contributed by atoms with E-state index in [1.54, 1.807) is 12.1 Å². The van der Waals surface area contributed by atoms with Crippen molar-refractivity contribution in [2.75, 3.05) is 6.54 Å². The number of carbonyl (C=O) groups excluding carboxylic acids is 2. The van der Waals surface area contributed by atoms with Crippen LogP contribution in [0, 0.1) is 0 Å². The highest BCUT2D eigenvalue weighted by Crippen LogP contribution is 2.25. The smallest absolute Gasteiger partial charge is 0.266 e. The number of amides is 2. The van der Waals surface area contributed by atoms with Gasteiger partial charge >= 0.3 is 0 Å². The number of hydrogen-bond acceptors (Lipinski definition) is 6. The van der Waals surface area contributed by atoms with Crippen LogP contribution in [0.25, 0.3) is 17.4 Å².